The Morgan fingerprint density at radius 1 is 0.468 bits per heavy atom. The zero-order valence-electron chi connectivity index (χ0n) is 49.9. The van der Waals surface area contributed by atoms with E-state index in [4.69, 9.17) is 14.2 Å². The molecule has 452 valence electrons. The summed E-state index contributed by atoms with van der Waals surface area (Å²) in [5.74, 6) is -0.193. The van der Waals surface area contributed by atoms with E-state index < -0.39 is 49.5 Å². The van der Waals surface area contributed by atoms with Gasteiger partial charge in [0.2, 0.25) is 5.91 Å². The van der Waals surface area contributed by atoms with Crippen LogP contribution in [0.5, 0.6) is 0 Å². The smallest absolute Gasteiger partial charge is 0.305 e. The van der Waals surface area contributed by atoms with E-state index in [0.29, 0.717) is 19.4 Å². The highest BCUT2D eigenvalue weighted by Gasteiger charge is 2.44. The summed E-state index contributed by atoms with van der Waals surface area (Å²) in [5.41, 5.74) is 0. The molecule has 1 amide bonds. The van der Waals surface area contributed by atoms with Gasteiger partial charge in [-0.25, -0.2) is 0 Å². The van der Waals surface area contributed by atoms with Crippen molar-refractivity contribution >= 4 is 11.9 Å². The maximum atomic E-state index is 13.1. The monoisotopic (exact) mass is 1090 g/mol. The first kappa shape index (κ1) is 72.9. The number of carbonyl (C=O) groups excluding carboxylic acids is 2. The molecule has 1 aliphatic rings. The fourth-order valence-corrected chi connectivity index (χ4v) is 10.3. The number of rotatable bonds is 57. The SMILES string of the molecule is CCCCCCC/C=C/CC/C=C/CC/C=C/C(O)C(COC1OC(CO)C(O)C(O)C1O)NC(=O)CCCCCCCCCCCCCCCCCCCCCCCCCOC(=O)CCCCCCCCCCCCC. The van der Waals surface area contributed by atoms with Crippen LogP contribution in [0.15, 0.2) is 36.5 Å². The Morgan fingerprint density at radius 3 is 1.29 bits per heavy atom. The van der Waals surface area contributed by atoms with Gasteiger partial charge in [0.15, 0.2) is 6.29 Å². The Bertz CT molecular complexity index is 1370. The molecule has 0 aliphatic carbocycles. The summed E-state index contributed by atoms with van der Waals surface area (Å²) in [6, 6.07) is -0.835. The van der Waals surface area contributed by atoms with Crippen LogP contribution in [0.25, 0.3) is 0 Å². The summed E-state index contributed by atoms with van der Waals surface area (Å²) < 4.78 is 16.7. The molecule has 0 spiro atoms. The second-order valence-electron chi connectivity index (χ2n) is 22.8. The summed E-state index contributed by atoms with van der Waals surface area (Å²) in [7, 11) is 0. The van der Waals surface area contributed by atoms with Crippen LogP contribution in [-0.4, -0.2) is 100 Å². The highest BCUT2D eigenvalue weighted by atomic mass is 16.7. The lowest BCUT2D eigenvalue weighted by Gasteiger charge is -2.40. The van der Waals surface area contributed by atoms with Crippen molar-refractivity contribution in [3.63, 3.8) is 0 Å². The highest BCUT2D eigenvalue weighted by Crippen LogP contribution is 2.23. The molecule has 1 fully saturated rings. The first-order chi connectivity index (χ1) is 37.7. The van der Waals surface area contributed by atoms with Gasteiger partial charge in [0, 0.05) is 12.8 Å². The molecule has 0 aromatic carbocycles. The molecule has 11 nitrogen and oxygen atoms in total. The van der Waals surface area contributed by atoms with E-state index >= 15 is 0 Å². The van der Waals surface area contributed by atoms with E-state index in [1.165, 1.54) is 212 Å². The zero-order valence-corrected chi connectivity index (χ0v) is 49.9. The van der Waals surface area contributed by atoms with Crippen molar-refractivity contribution in [1.82, 2.24) is 5.32 Å². The molecule has 0 bridgehead atoms. The zero-order chi connectivity index (χ0) is 55.9. The van der Waals surface area contributed by atoms with Gasteiger partial charge in [-0.2, -0.15) is 0 Å². The third-order valence-electron chi connectivity index (χ3n) is 15.5. The van der Waals surface area contributed by atoms with Gasteiger partial charge in [-0.15, -0.1) is 0 Å². The van der Waals surface area contributed by atoms with E-state index in [1.807, 2.05) is 6.08 Å². The van der Waals surface area contributed by atoms with E-state index in [1.54, 1.807) is 6.08 Å². The van der Waals surface area contributed by atoms with Crippen LogP contribution in [-0.2, 0) is 23.8 Å². The maximum absolute atomic E-state index is 13.1. The van der Waals surface area contributed by atoms with Crippen LogP contribution in [0.3, 0.4) is 0 Å². The average molecular weight is 1090 g/mol. The lowest BCUT2D eigenvalue weighted by Crippen LogP contribution is -2.60. The standard InChI is InChI=1S/C66H123NO10/c1-3-5-7-9-11-13-15-16-26-29-33-36-40-44-48-52-59(69)58(57-76-66-65(74)64(73)63(72)60(56-68)77-66)67-61(70)53-49-45-41-37-34-30-27-24-22-20-18-17-19-21-23-25-28-31-35-39-43-47-51-55-75-62(71)54-50-46-42-38-32-14-12-10-8-6-4-2/h15-16,33,36,48,52,58-60,63-66,68-69,72-74H,3-14,17-32,34-35,37-47,49-51,53-57H2,1-2H3,(H,67,70)/b16-15+,36-33+,52-48+. The van der Waals surface area contributed by atoms with Crippen molar-refractivity contribution in [1.29, 1.82) is 0 Å². The predicted molar refractivity (Wildman–Crippen MR) is 320 cm³/mol. The van der Waals surface area contributed by atoms with Crippen LogP contribution >= 0.6 is 0 Å². The number of allylic oxidation sites excluding steroid dienone is 5. The predicted octanol–water partition coefficient (Wildman–Crippen LogP) is 15.8. The molecular formula is C66H123NO10. The molecule has 11 heteroatoms. The molecule has 0 aromatic rings. The lowest BCUT2D eigenvalue weighted by molar-refractivity contribution is -0.302. The molecule has 7 unspecified atom stereocenters. The number of esters is 1. The third kappa shape index (κ3) is 45.2. The highest BCUT2D eigenvalue weighted by molar-refractivity contribution is 5.76. The van der Waals surface area contributed by atoms with Crippen molar-refractivity contribution < 1.29 is 49.3 Å². The van der Waals surface area contributed by atoms with E-state index in [0.717, 1.165) is 70.6 Å². The number of nitrogens with one attached hydrogen (secondary N) is 1. The van der Waals surface area contributed by atoms with Crippen molar-refractivity contribution in [3.05, 3.63) is 36.5 Å². The van der Waals surface area contributed by atoms with Gasteiger partial charge in [0.1, 0.15) is 24.4 Å². The number of aliphatic hydroxyl groups excluding tert-OH is 5. The van der Waals surface area contributed by atoms with Gasteiger partial charge in [-0.1, -0.05) is 275 Å². The van der Waals surface area contributed by atoms with Crippen LogP contribution in [0.1, 0.15) is 309 Å². The molecule has 0 radical (unpaired) electrons. The third-order valence-corrected chi connectivity index (χ3v) is 15.5. The number of hydrogen-bond donors (Lipinski definition) is 6. The lowest BCUT2D eigenvalue weighted by atomic mass is 9.99. The second kappa shape index (κ2) is 55.8. The molecule has 1 rings (SSSR count). The number of hydrogen-bond acceptors (Lipinski definition) is 10. The minimum Gasteiger partial charge on any atom is -0.466 e. The van der Waals surface area contributed by atoms with E-state index in [-0.39, 0.29) is 18.5 Å². The Labute approximate surface area is 473 Å². The number of unbranched alkanes of at least 4 members (excludes halogenated alkanes) is 39. The average Bonchev–Trinajstić information content (AvgIpc) is 3.43. The number of amides is 1. The van der Waals surface area contributed by atoms with Gasteiger partial charge in [0.25, 0.3) is 0 Å². The van der Waals surface area contributed by atoms with Crippen LogP contribution in [0.4, 0.5) is 0 Å². The van der Waals surface area contributed by atoms with Crippen LogP contribution in [0.2, 0.25) is 0 Å². The summed E-state index contributed by atoms with van der Waals surface area (Å²) in [6.07, 6.45) is 59.6. The normalized spacial score (nSPS) is 18.8. The quantitative estimate of drug-likeness (QED) is 0.0195. The number of ether oxygens (including phenoxy) is 3. The maximum Gasteiger partial charge on any atom is 0.305 e. The Morgan fingerprint density at radius 2 is 0.844 bits per heavy atom. The Balaban J connectivity index is 2.06. The van der Waals surface area contributed by atoms with Gasteiger partial charge >= 0.3 is 5.97 Å². The molecule has 1 aliphatic heterocycles. The number of aliphatic hydroxyl groups is 5. The largest absolute Gasteiger partial charge is 0.466 e. The van der Waals surface area contributed by atoms with Gasteiger partial charge in [-0.3, -0.25) is 9.59 Å². The molecule has 6 N–H and O–H groups in total. The summed E-state index contributed by atoms with van der Waals surface area (Å²) >= 11 is 0. The summed E-state index contributed by atoms with van der Waals surface area (Å²) in [5, 5.41) is 54.5. The molecule has 1 saturated heterocycles. The topological polar surface area (TPSA) is 175 Å². The summed E-state index contributed by atoms with van der Waals surface area (Å²) in [4.78, 5) is 25.1. The number of carbonyl (C=O) groups is 2. The second-order valence-corrected chi connectivity index (χ2v) is 22.8. The van der Waals surface area contributed by atoms with Gasteiger partial charge in [0.05, 0.1) is 32.0 Å². The molecule has 1 heterocycles. The molecular weight excluding hydrogens is 967 g/mol. The first-order valence-electron chi connectivity index (χ1n) is 32.8. The minimum atomic E-state index is -1.58. The van der Waals surface area contributed by atoms with Crippen molar-refractivity contribution in [2.24, 2.45) is 0 Å². The molecule has 7 atom stereocenters. The fraction of sp³-hybridized carbons (Fsp3) is 0.879. The minimum absolute atomic E-state index is 0.00180. The van der Waals surface area contributed by atoms with E-state index in [2.05, 4.69) is 43.5 Å². The van der Waals surface area contributed by atoms with E-state index in [9.17, 15) is 35.1 Å². The van der Waals surface area contributed by atoms with Gasteiger partial charge < -0.3 is 45.1 Å². The molecule has 0 aromatic heterocycles. The first-order valence-corrected chi connectivity index (χ1v) is 32.8. The van der Waals surface area contributed by atoms with Crippen molar-refractivity contribution in [2.75, 3.05) is 19.8 Å². The van der Waals surface area contributed by atoms with Crippen LogP contribution in [0, 0.1) is 0 Å². The molecule has 0 saturated carbocycles. The Hall–Kier alpha value is -2.12. The van der Waals surface area contributed by atoms with Crippen LogP contribution < -0.4 is 5.32 Å². The van der Waals surface area contributed by atoms with Crippen molar-refractivity contribution in [2.45, 2.75) is 352 Å². The summed E-state index contributed by atoms with van der Waals surface area (Å²) in [6.45, 7) is 4.33. The fourth-order valence-electron chi connectivity index (χ4n) is 10.3. The molecule has 77 heavy (non-hydrogen) atoms. The van der Waals surface area contributed by atoms with Gasteiger partial charge in [-0.05, 0) is 57.8 Å². The Kier molecular flexibility index (Phi) is 52.8. The van der Waals surface area contributed by atoms with Crippen molar-refractivity contribution in [3.8, 4) is 0 Å².